The van der Waals surface area contributed by atoms with Crippen LogP contribution in [0.5, 0.6) is 5.75 Å². The van der Waals surface area contributed by atoms with Gasteiger partial charge in [-0.25, -0.2) is 4.79 Å². The number of rotatable bonds is 9. The molecule has 8 nitrogen and oxygen atoms in total. The minimum Gasteiger partial charge on any atom is -0.484 e. The lowest BCUT2D eigenvalue weighted by Gasteiger charge is -2.59. The number of hydrogen-bond donors (Lipinski definition) is 2. The van der Waals surface area contributed by atoms with Gasteiger partial charge in [0.05, 0.1) is 6.42 Å². The number of alkyl halides is 3. The second-order valence-corrected chi connectivity index (χ2v) is 12.7. The highest BCUT2D eigenvalue weighted by Crippen LogP contribution is 2.51. The Labute approximate surface area is 250 Å². The number of benzene rings is 2. The third-order valence-corrected chi connectivity index (χ3v) is 8.26. The maximum Gasteiger partial charge on any atom is 0.422 e. The Morgan fingerprint density at radius 1 is 1.00 bits per heavy atom. The van der Waals surface area contributed by atoms with Gasteiger partial charge in [-0.15, -0.1) is 0 Å². The van der Waals surface area contributed by atoms with E-state index in [4.69, 9.17) is 9.84 Å². The van der Waals surface area contributed by atoms with Crippen molar-refractivity contribution in [1.29, 1.82) is 0 Å². The van der Waals surface area contributed by atoms with Crippen LogP contribution in [0.25, 0.3) is 0 Å². The second kappa shape index (κ2) is 12.9. The molecule has 3 amide bonds. The maximum atomic E-state index is 14.3. The fraction of sp³-hybridized carbons (Fsp3) is 0.531. The molecule has 43 heavy (non-hydrogen) atoms. The van der Waals surface area contributed by atoms with Crippen molar-refractivity contribution in [2.24, 2.45) is 10.8 Å². The number of nitrogens with one attached hydrogen (secondary N) is 1. The van der Waals surface area contributed by atoms with Gasteiger partial charge >= 0.3 is 18.2 Å². The normalized spacial score (nSPS) is 18.9. The molecule has 1 heterocycles. The van der Waals surface area contributed by atoms with Crippen molar-refractivity contribution >= 4 is 23.6 Å². The Morgan fingerprint density at radius 2 is 1.63 bits per heavy atom. The second-order valence-electron chi connectivity index (χ2n) is 12.7. The van der Waals surface area contributed by atoms with Gasteiger partial charge in [0.1, 0.15) is 5.75 Å². The zero-order valence-electron chi connectivity index (χ0n) is 24.9. The maximum absolute atomic E-state index is 14.3. The summed E-state index contributed by atoms with van der Waals surface area (Å²) < 4.78 is 42.8. The summed E-state index contributed by atoms with van der Waals surface area (Å²) in [6.07, 6.45) is 0.537. The monoisotopic (exact) mass is 603 g/mol. The first-order valence-electron chi connectivity index (χ1n) is 14.7. The first kappa shape index (κ1) is 32.2. The highest BCUT2D eigenvalue weighted by atomic mass is 19.4. The zero-order valence-corrected chi connectivity index (χ0v) is 24.9. The predicted octanol–water partition coefficient (Wildman–Crippen LogP) is 6.64. The number of halogens is 3. The molecule has 1 saturated carbocycles. The molecule has 1 aliphatic carbocycles. The number of urea groups is 1. The van der Waals surface area contributed by atoms with Gasteiger partial charge in [0.2, 0.25) is 0 Å². The number of hydrogen-bond acceptors (Lipinski definition) is 4. The van der Waals surface area contributed by atoms with Crippen LogP contribution in [-0.4, -0.2) is 59.8 Å². The highest BCUT2D eigenvalue weighted by molar-refractivity contribution is 5.95. The summed E-state index contributed by atoms with van der Waals surface area (Å²) in [6, 6.07) is 12.9. The van der Waals surface area contributed by atoms with E-state index >= 15 is 0 Å². The van der Waals surface area contributed by atoms with Crippen molar-refractivity contribution in [1.82, 2.24) is 10.2 Å². The molecule has 0 aromatic heterocycles. The number of ether oxygens (including phenoxy) is 1. The molecule has 1 aliphatic heterocycles. The molecule has 0 radical (unpaired) electrons. The molecule has 0 unspecified atom stereocenters. The molecule has 2 aliphatic rings. The summed E-state index contributed by atoms with van der Waals surface area (Å²) in [7, 11) is 0. The summed E-state index contributed by atoms with van der Waals surface area (Å²) in [5.41, 5.74) is 1.41. The van der Waals surface area contributed by atoms with Crippen LogP contribution in [0.2, 0.25) is 0 Å². The van der Waals surface area contributed by atoms with Gasteiger partial charge in [0.15, 0.2) is 6.61 Å². The zero-order chi connectivity index (χ0) is 31.4. The number of amides is 3. The fourth-order valence-electron chi connectivity index (χ4n) is 6.73. The molecule has 0 bridgehead atoms. The van der Waals surface area contributed by atoms with Crippen LogP contribution in [0.3, 0.4) is 0 Å². The fourth-order valence-corrected chi connectivity index (χ4v) is 6.73. The quantitative estimate of drug-likeness (QED) is 0.335. The number of carboxylic acids is 1. The lowest BCUT2D eigenvalue weighted by Crippen LogP contribution is -2.68. The molecule has 2 N–H and O–H groups in total. The van der Waals surface area contributed by atoms with Crippen molar-refractivity contribution < 1.29 is 37.4 Å². The van der Waals surface area contributed by atoms with Crippen LogP contribution in [0, 0.1) is 10.8 Å². The largest absolute Gasteiger partial charge is 0.484 e. The first-order valence-corrected chi connectivity index (χ1v) is 14.7. The van der Waals surface area contributed by atoms with E-state index in [1.54, 1.807) is 41.3 Å². The van der Waals surface area contributed by atoms with Gasteiger partial charge in [-0.3, -0.25) is 14.5 Å². The van der Waals surface area contributed by atoms with Gasteiger partial charge in [-0.2, -0.15) is 13.2 Å². The van der Waals surface area contributed by atoms with E-state index in [9.17, 15) is 27.6 Å². The average molecular weight is 604 g/mol. The summed E-state index contributed by atoms with van der Waals surface area (Å²) in [6.45, 7) is 5.93. The van der Waals surface area contributed by atoms with E-state index in [0.717, 1.165) is 37.7 Å². The van der Waals surface area contributed by atoms with E-state index in [1.165, 1.54) is 12.1 Å². The molecule has 1 saturated heterocycles. The Bertz CT molecular complexity index is 1280. The molecule has 4 rings (SSSR count). The van der Waals surface area contributed by atoms with Crippen LogP contribution in [0.4, 0.5) is 23.7 Å². The number of anilines is 1. The van der Waals surface area contributed by atoms with Crippen molar-refractivity contribution in [3.63, 3.8) is 0 Å². The van der Waals surface area contributed by atoms with E-state index in [1.807, 2.05) is 4.90 Å². The summed E-state index contributed by atoms with van der Waals surface area (Å²) in [5.74, 6) is -1.29. The Balaban J connectivity index is 1.61. The number of carbonyl (C=O) groups is 3. The minimum absolute atomic E-state index is 0.0266. The van der Waals surface area contributed by atoms with Gasteiger partial charge in [-0.1, -0.05) is 52.2 Å². The van der Waals surface area contributed by atoms with Crippen molar-refractivity contribution in [3.8, 4) is 5.75 Å². The molecule has 1 atom stereocenters. The van der Waals surface area contributed by atoms with Crippen molar-refractivity contribution in [2.75, 3.05) is 24.6 Å². The van der Waals surface area contributed by atoms with Gasteiger partial charge < -0.3 is 20.1 Å². The van der Waals surface area contributed by atoms with Crippen molar-refractivity contribution in [2.45, 2.75) is 78.1 Å². The van der Waals surface area contributed by atoms with Gasteiger partial charge in [0, 0.05) is 42.3 Å². The Hall–Kier alpha value is -3.76. The van der Waals surface area contributed by atoms with Crippen LogP contribution < -0.4 is 15.0 Å². The number of aliphatic carboxylic acids is 1. The summed E-state index contributed by atoms with van der Waals surface area (Å²) >= 11 is 0. The van der Waals surface area contributed by atoms with E-state index < -0.39 is 18.8 Å². The van der Waals surface area contributed by atoms with E-state index in [-0.39, 0.29) is 47.5 Å². The Kier molecular flexibility index (Phi) is 9.61. The molecule has 234 valence electrons. The Morgan fingerprint density at radius 3 is 2.19 bits per heavy atom. The van der Waals surface area contributed by atoms with Crippen LogP contribution in [0.15, 0.2) is 48.5 Å². The van der Waals surface area contributed by atoms with Crippen LogP contribution in [0.1, 0.15) is 75.2 Å². The molecule has 2 fully saturated rings. The average Bonchev–Trinajstić information content (AvgIpc) is 2.93. The lowest BCUT2D eigenvalue weighted by atomic mass is 9.60. The number of carboxylic acid groups (broad SMARTS) is 1. The highest BCUT2D eigenvalue weighted by Gasteiger charge is 2.55. The van der Waals surface area contributed by atoms with Gasteiger partial charge in [0.25, 0.3) is 5.91 Å². The number of nitrogens with zero attached hydrogens (tertiary/aromatic N) is 2. The standard InChI is InChI=1S/C32H40F3N3O5/c1-30(2,3)28-31(16-5-4-6-17-31)20-38(24-11-13-25(14-12-24)43-21-32(33,34)35)29(42)37(28)19-22-7-9-23(10-8-22)27(41)36-18-15-26(39)40/h7-14,28H,4-6,15-21H2,1-3H3,(H,36,41)(H,39,40)/t28-/m1/s1. The van der Waals surface area contributed by atoms with Crippen molar-refractivity contribution in [3.05, 3.63) is 59.7 Å². The molecule has 2 aromatic rings. The van der Waals surface area contributed by atoms with Gasteiger partial charge in [-0.05, 0) is 60.2 Å². The first-order chi connectivity index (χ1) is 20.2. The number of carbonyl (C=O) groups excluding carboxylic acids is 2. The topological polar surface area (TPSA) is 99.2 Å². The summed E-state index contributed by atoms with van der Waals surface area (Å²) in [5, 5.41) is 11.4. The molecule has 1 spiro atoms. The van der Waals surface area contributed by atoms with Crippen LogP contribution in [-0.2, 0) is 11.3 Å². The molecular formula is C32H40F3N3O5. The smallest absolute Gasteiger partial charge is 0.422 e. The molecule has 2 aromatic carbocycles. The van der Waals surface area contributed by atoms with Crippen LogP contribution >= 0.6 is 0 Å². The predicted molar refractivity (Wildman–Crippen MR) is 156 cm³/mol. The third kappa shape index (κ3) is 8.00. The molecular weight excluding hydrogens is 563 g/mol. The minimum atomic E-state index is -4.44. The van der Waals surface area contributed by atoms with E-state index in [0.29, 0.717) is 24.3 Å². The lowest BCUT2D eigenvalue weighted by molar-refractivity contribution is -0.153. The van der Waals surface area contributed by atoms with E-state index in [2.05, 4.69) is 26.1 Å². The third-order valence-electron chi connectivity index (χ3n) is 8.26. The summed E-state index contributed by atoms with van der Waals surface area (Å²) in [4.78, 5) is 41.1. The SMILES string of the molecule is CC(C)(C)[C@H]1N(Cc2ccc(C(=O)NCCC(=O)O)cc2)C(=O)N(c2ccc(OCC(F)(F)F)cc2)CC12CCCCC2. The molecule has 11 heteroatoms.